The first kappa shape index (κ1) is 7.14. The van der Waals surface area contributed by atoms with Crippen LogP contribution in [0.3, 0.4) is 0 Å². The number of aromatic nitrogens is 2. The SMILES string of the molecule is [2H]c1c(C([2H])([2H])[2H])cnc(C(=C)c2sc3nc(C([2H])([2H])[2H])ccc3c2C=C)c1[2H]. The van der Waals surface area contributed by atoms with Crippen LogP contribution < -0.4 is 0 Å². The Morgan fingerprint density at radius 1 is 1.38 bits per heavy atom. The number of rotatable bonds is 3. The average Bonchev–Trinajstić information content (AvgIpc) is 2.99. The molecule has 0 bridgehead atoms. The van der Waals surface area contributed by atoms with Crippen LogP contribution in [0.2, 0.25) is 0 Å². The molecule has 0 fully saturated rings. The van der Waals surface area contributed by atoms with Gasteiger partial charge < -0.3 is 0 Å². The minimum atomic E-state index is -2.54. The van der Waals surface area contributed by atoms with Crippen molar-refractivity contribution in [3.63, 3.8) is 0 Å². The molecule has 0 aliphatic rings. The number of thiophene rings is 1. The van der Waals surface area contributed by atoms with Gasteiger partial charge in [0.15, 0.2) is 0 Å². The van der Waals surface area contributed by atoms with E-state index in [-0.39, 0.29) is 23.0 Å². The third-order valence-electron chi connectivity index (χ3n) is 3.00. The highest BCUT2D eigenvalue weighted by Gasteiger charge is 2.15. The summed E-state index contributed by atoms with van der Waals surface area (Å²) in [6.07, 6.45) is 2.65. The third-order valence-corrected chi connectivity index (χ3v) is 4.17. The maximum Gasteiger partial charge on any atom is 0.124 e. The van der Waals surface area contributed by atoms with Crippen molar-refractivity contribution in [2.75, 3.05) is 0 Å². The average molecular weight is 300 g/mol. The second-order valence-corrected chi connectivity index (χ2v) is 5.35. The topological polar surface area (TPSA) is 25.8 Å². The fraction of sp³-hybridized carbons (Fsp3) is 0.111. The summed E-state index contributed by atoms with van der Waals surface area (Å²) in [5, 5.41) is 0.686. The van der Waals surface area contributed by atoms with Crippen molar-refractivity contribution in [3.05, 3.63) is 71.0 Å². The van der Waals surface area contributed by atoms with Crippen LogP contribution in [-0.2, 0) is 0 Å². The molecule has 3 aromatic rings. The summed E-state index contributed by atoms with van der Waals surface area (Å²) >= 11 is 1.18. The van der Waals surface area contributed by atoms with Crippen molar-refractivity contribution in [2.45, 2.75) is 13.7 Å². The number of aryl methyl sites for hydroxylation is 2. The molecule has 104 valence electrons. The van der Waals surface area contributed by atoms with E-state index < -0.39 is 19.7 Å². The lowest BCUT2D eigenvalue weighted by molar-refractivity contribution is 1.23. The smallest absolute Gasteiger partial charge is 0.124 e. The van der Waals surface area contributed by atoms with Gasteiger partial charge in [0, 0.05) is 41.5 Å². The Morgan fingerprint density at radius 3 is 3.05 bits per heavy atom. The van der Waals surface area contributed by atoms with E-state index in [9.17, 15) is 0 Å². The molecule has 0 radical (unpaired) electrons. The quantitative estimate of drug-likeness (QED) is 0.679. The van der Waals surface area contributed by atoms with Gasteiger partial charge in [-0.25, -0.2) is 4.98 Å². The van der Waals surface area contributed by atoms with Crippen LogP contribution in [0, 0.1) is 13.7 Å². The summed E-state index contributed by atoms with van der Waals surface area (Å²) in [6, 6.07) is 2.31. The normalized spacial score (nSPS) is 17.5. The molecule has 2 nitrogen and oxygen atoms in total. The predicted molar refractivity (Wildman–Crippen MR) is 91.6 cm³/mol. The first-order valence-electron chi connectivity index (χ1n) is 10.1. The van der Waals surface area contributed by atoms with Crippen LogP contribution >= 0.6 is 11.3 Å². The molecule has 0 unspecified atom stereocenters. The number of pyridine rings is 2. The monoisotopic (exact) mass is 300 g/mol. The van der Waals surface area contributed by atoms with E-state index in [2.05, 4.69) is 23.1 Å². The zero-order chi connectivity index (χ0) is 21.7. The van der Waals surface area contributed by atoms with Gasteiger partial charge in [0.1, 0.15) is 4.83 Å². The van der Waals surface area contributed by atoms with Crippen LogP contribution in [0.5, 0.6) is 0 Å². The van der Waals surface area contributed by atoms with Gasteiger partial charge in [-0.15, -0.1) is 11.3 Å². The van der Waals surface area contributed by atoms with Crippen molar-refractivity contribution in [2.24, 2.45) is 0 Å². The molecule has 3 heteroatoms. The Bertz CT molecular complexity index is 1140. The summed E-state index contributed by atoms with van der Waals surface area (Å²) in [5.74, 6) is 0. The molecule has 0 aliphatic carbocycles. The molecule has 0 atom stereocenters. The Hall–Kier alpha value is -2.26. The summed E-state index contributed by atoms with van der Waals surface area (Å²) < 4.78 is 61.2. The lowest BCUT2D eigenvalue weighted by Gasteiger charge is -2.04. The zero-order valence-corrected chi connectivity index (χ0v) is 11.8. The van der Waals surface area contributed by atoms with Gasteiger partial charge in [-0.3, -0.25) is 4.98 Å². The Kier molecular flexibility index (Phi) is 1.79. The standard InChI is InChI=1S/C18H16N2S/c1-5-14-15-8-7-12(3)20-18(15)21-17(14)13(4)16-9-6-11(2)10-19-16/h5-10H,1,4H2,2-3H3/i2D3,3D3,6D,9D. The van der Waals surface area contributed by atoms with Gasteiger partial charge >= 0.3 is 0 Å². The number of fused-ring (bicyclic) bond motifs is 1. The van der Waals surface area contributed by atoms with E-state index in [0.717, 1.165) is 6.20 Å². The van der Waals surface area contributed by atoms with E-state index in [1.807, 2.05) is 0 Å². The largest absolute Gasteiger partial charge is 0.256 e. The molecule has 0 N–H and O–H groups in total. The van der Waals surface area contributed by atoms with E-state index >= 15 is 0 Å². The summed E-state index contributed by atoms with van der Waals surface area (Å²) in [6.45, 7) is 2.89. The van der Waals surface area contributed by atoms with Gasteiger partial charge in [0.05, 0.1) is 8.44 Å². The van der Waals surface area contributed by atoms with Crippen molar-refractivity contribution < 1.29 is 11.0 Å². The summed E-state index contributed by atoms with van der Waals surface area (Å²) in [7, 11) is 0. The lowest BCUT2D eigenvalue weighted by atomic mass is 10.1. The Labute approximate surface area is 139 Å². The summed E-state index contributed by atoms with van der Waals surface area (Å²) in [5.41, 5.74) is 0.715. The highest BCUT2D eigenvalue weighted by molar-refractivity contribution is 7.20. The van der Waals surface area contributed by atoms with Crippen LogP contribution in [0.15, 0.2) is 43.6 Å². The minimum absolute atomic E-state index is 0.0335. The van der Waals surface area contributed by atoms with Crippen molar-refractivity contribution >= 4 is 33.2 Å². The van der Waals surface area contributed by atoms with Gasteiger partial charge in [0.2, 0.25) is 0 Å². The highest BCUT2D eigenvalue weighted by atomic mass is 32.1. The van der Waals surface area contributed by atoms with Gasteiger partial charge in [-0.05, 0) is 37.4 Å². The van der Waals surface area contributed by atoms with Gasteiger partial charge in [-0.2, -0.15) is 0 Å². The Balaban J connectivity index is 2.17. The molecular formula is C18H16N2S. The molecule has 0 aliphatic heterocycles. The molecule has 3 heterocycles. The van der Waals surface area contributed by atoms with E-state index in [4.69, 9.17) is 11.0 Å². The Morgan fingerprint density at radius 2 is 2.29 bits per heavy atom. The van der Waals surface area contributed by atoms with E-state index in [0.29, 0.717) is 26.2 Å². The maximum atomic E-state index is 8.20. The molecule has 3 rings (SSSR count). The molecule has 21 heavy (non-hydrogen) atoms. The first-order chi connectivity index (χ1) is 13.4. The second kappa shape index (κ2) is 5.26. The minimum Gasteiger partial charge on any atom is -0.256 e. The van der Waals surface area contributed by atoms with Crippen molar-refractivity contribution in [1.29, 1.82) is 0 Å². The molecule has 0 aromatic carbocycles. The molecule has 0 saturated heterocycles. The van der Waals surface area contributed by atoms with Crippen LogP contribution in [0.1, 0.15) is 38.4 Å². The van der Waals surface area contributed by atoms with Crippen LogP contribution in [0.25, 0.3) is 21.9 Å². The van der Waals surface area contributed by atoms with Crippen molar-refractivity contribution in [3.8, 4) is 0 Å². The molecule has 0 amide bonds. The summed E-state index contributed by atoms with van der Waals surface area (Å²) in [4.78, 5) is 9.36. The predicted octanol–water partition coefficient (Wildman–Crippen LogP) is 5.01. The number of hydrogen-bond acceptors (Lipinski definition) is 3. The van der Waals surface area contributed by atoms with Crippen molar-refractivity contribution in [1.82, 2.24) is 9.97 Å². The first-order valence-corrected chi connectivity index (χ1v) is 6.90. The molecule has 0 spiro atoms. The highest BCUT2D eigenvalue weighted by Crippen LogP contribution is 2.37. The fourth-order valence-corrected chi connectivity index (χ4v) is 3.15. The van der Waals surface area contributed by atoms with Gasteiger partial charge in [0.25, 0.3) is 0 Å². The molecular weight excluding hydrogens is 276 g/mol. The van der Waals surface area contributed by atoms with E-state index in [1.54, 1.807) is 12.1 Å². The van der Waals surface area contributed by atoms with Crippen LogP contribution in [-0.4, -0.2) is 9.97 Å². The molecule has 0 saturated carbocycles. The third kappa shape index (κ3) is 2.41. The number of hydrogen-bond donors (Lipinski definition) is 0. The fourth-order valence-electron chi connectivity index (χ4n) is 2.01. The van der Waals surface area contributed by atoms with Gasteiger partial charge in [-0.1, -0.05) is 25.3 Å². The number of nitrogens with zero attached hydrogens (tertiary/aromatic N) is 2. The zero-order valence-electron chi connectivity index (χ0n) is 19.0. The van der Waals surface area contributed by atoms with E-state index in [1.165, 1.54) is 17.4 Å². The second-order valence-electron chi connectivity index (χ2n) is 4.35. The lowest BCUT2D eigenvalue weighted by Crippen LogP contribution is -1.90. The maximum absolute atomic E-state index is 8.20. The molecule has 3 aromatic heterocycles. The van der Waals surface area contributed by atoms with Crippen LogP contribution in [0.4, 0.5) is 0 Å².